The minimum atomic E-state index is 0.267. The predicted octanol–water partition coefficient (Wildman–Crippen LogP) is 5.07. The number of halogens is 2. The first-order chi connectivity index (χ1) is 9.61. The number of methoxy groups -OCH3 is 1. The SMILES string of the molecule is COc1ccc(Br)c(CN[C@H](C)c2ccccc2Br)c1. The number of rotatable bonds is 5. The van der Waals surface area contributed by atoms with Gasteiger partial charge in [0.2, 0.25) is 0 Å². The Hall–Kier alpha value is -0.840. The lowest BCUT2D eigenvalue weighted by Gasteiger charge is -2.17. The average molecular weight is 399 g/mol. The smallest absolute Gasteiger partial charge is 0.119 e. The lowest BCUT2D eigenvalue weighted by molar-refractivity contribution is 0.413. The van der Waals surface area contributed by atoms with Gasteiger partial charge in [0.05, 0.1) is 7.11 Å². The van der Waals surface area contributed by atoms with E-state index < -0.39 is 0 Å². The predicted molar refractivity (Wildman–Crippen MR) is 90.1 cm³/mol. The van der Waals surface area contributed by atoms with Crippen molar-refractivity contribution in [3.8, 4) is 5.75 Å². The highest BCUT2D eigenvalue weighted by atomic mass is 79.9. The fraction of sp³-hybridized carbons (Fsp3) is 0.250. The molecule has 0 aliphatic heterocycles. The van der Waals surface area contributed by atoms with Crippen molar-refractivity contribution < 1.29 is 4.74 Å². The van der Waals surface area contributed by atoms with E-state index in [0.29, 0.717) is 0 Å². The van der Waals surface area contributed by atoms with Crippen LogP contribution in [0.15, 0.2) is 51.4 Å². The molecule has 0 unspecified atom stereocenters. The van der Waals surface area contributed by atoms with E-state index in [4.69, 9.17) is 4.74 Å². The second-order valence-corrected chi connectivity index (χ2v) is 6.29. The van der Waals surface area contributed by atoms with Crippen LogP contribution in [-0.4, -0.2) is 7.11 Å². The van der Waals surface area contributed by atoms with Crippen molar-refractivity contribution in [2.75, 3.05) is 7.11 Å². The number of benzene rings is 2. The van der Waals surface area contributed by atoms with Crippen LogP contribution in [-0.2, 0) is 6.54 Å². The van der Waals surface area contributed by atoms with Gasteiger partial charge in [-0.1, -0.05) is 50.1 Å². The summed E-state index contributed by atoms with van der Waals surface area (Å²) in [4.78, 5) is 0. The first kappa shape index (κ1) is 15.5. The molecule has 1 N–H and O–H groups in total. The Bertz CT molecular complexity index is 586. The van der Waals surface area contributed by atoms with E-state index in [1.165, 1.54) is 11.1 Å². The fourth-order valence-electron chi connectivity index (χ4n) is 2.01. The highest BCUT2D eigenvalue weighted by Gasteiger charge is 2.09. The molecule has 0 amide bonds. The summed E-state index contributed by atoms with van der Waals surface area (Å²) in [6.07, 6.45) is 0. The van der Waals surface area contributed by atoms with E-state index in [9.17, 15) is 0 Å². The van der Waals surface area contributed by atoms with Crippen molar-refractivity contribution in [3.05, 3.63) is 62.5 Å². The highest BCUT2D eigenvalue weighted by molar-refractivity contribution is 9.10. The second kappa shape index (κ2) is 7.25. The maximum Gasteiger partial charge on any atom is 0.119 e. The summed E-state index contributed by atoms with van der Waals surface area (Å²) in [5, 5.41) is 3.53. The highest BCUT2D eigenvalue weighted by Crippen LogP contribution is 2.25. The molecule has 2 rings (SSSR count). The Morgan fingerprint density at radius 1 is 1.10 bits per heavy atom. The van der Waals surface area contributed by atoms with Gasteiger partial charge in [-0.05, 0) is 42.3 Å². The maximum atomic E-state index is 5.26. The Kier molecular flexibility index (Phi) is 5.64. The molecule has 0 aliphatic rings. The van der Waals surface area contributed by atoms with E-state index in [2.05, 4.69) is 62.3 Å². The van der Waals surface area contributed by atoms with Crippen LogP contribution < -0.4 is 10.1 Å². The first-order valence-electron chi connectivity index (χ1n) is 6.42. The molecule has 1 atom stereocenters. The summed E-state index contributed by atoms with van der Waals surface area (Å²) in [5.41, 5.74) is 2.44. The lowest BCUT2D eigenvalue weighted by Crippen LogP contribution is -2.18. The Labute approximate surface area is 136 Å². The zero-order valence-electron chi connectivity index (χ0n) is 11.5. The van der Waals surface area contributed by atoms with Gasteiger partial charge >= 0.3 is 0 Å². The topological polar surface area (TPSA) is 21.3 Å². The van der Waals surface area contributed by atoms with Gasteiger partial charge in [-0.3, -0.25) is 0 Å². The summed E-state index contributed by atoms with van der Waals surface area (Å²) in [7, 11) is 1.68. The molecular weight excluding hydrogens is 382 g/mol. The van der Waals surface area contributed by atoms with Crippen LogP contribution in [0.5, 0.6) is 5.75 Å². The summed E-state index contributed by atoms with van der Waals surface area (Å²) < 4.78 is 7.48. The van der Waals surface area contributed by atoms with E-state index in [1.807, 2.05) is 24.3 Å². The van der Waals surface area contributed by atoms with Crippen LogP contribution in [0, 0.1) is 0 Å². The quantitative estimate of drug-likeness (QED) is 0.758. The van der Waals surface area contributed by atoms with Crippen LogP contribution in [0.2, 0.25) is 0 Å². The second-order valence-electron chi connectivity index (χ2n) is 4.58. The Morgan fingerprint density at radius 3 is 2.55 bits per heavy atom. The van der Waals surface area contributed by atoms with Gasteiger partial charge in [-0.2, -0.15) is 0 Å². The van der Waals surface area contributed by atoms with E-state index in [-0.39, 0.29) is 6.04 Å². The third kappa shape index (κ3) is 3.84. The molecule has 0 saturated carbocycles. The molecule has 0 radical (unpaired) electrons. The van der Waals surface area contributed by atoms with Gasteiger partial charge in [0.25, 0.3) is 0 Å². The van der Waals surface area contributed by atoms with E-state index >= 15 is 0 Å². The molecule has 0 spiro atoms. The molecule has 0 heterocycles. The Balaban J connectivity index is 2.07. The van der Waals surface area contributed by atoms with Crippen molar-refractivity contribution in [1.29, 1.82) is 0 Å². The molecule has 2 aromatic rings. The Morgan fingerprint density at radius 2 is 1.85 bits per heavy atom. The summed E-state index contributed by atoms with van der Waals surface area (Å²) in [6, 6.07) is 14.5. The molecule has 0 bridgehead atoms. The summed E-state index contributed by atoms with van der Waals surface area (Å²) >= 11 is 7.17. The van der Waals surface area contributed by atoms with E-state index in [0.717, 1.165) is 21.2 Å². The molecule has 0 aromatic heterocycles. The molecule has 2 aromatic carbocycles. The molecule has 2 nitrogen and oxygen atoms in total. The number of ether oxygens (including phenoxy) is 1. The van der Waals surface area contributed by atoms with Gasteiger partial charge in [0.1, 0.15) is 5.75 Å². The zero-order chi connectivity index (χ0) is 14.5. The van der Waals surface area contributed by atoms with Crippen LogP contribution in [0.1, 0.15) is 24.1 Å². The molecule has 0 fully saturated rings. The van der Waals surface area contributed by atoms with Crippen molar-refractivity contribution in [2.24, 2.45) is 0 Å². The molecular formula is C16H17Br2NO. The van der Waals surface area contributed by atoms with Crippen molar-refractivity contribution in [3.63, 3.8) is 0 Å². The minimum Gasteiger partial charge on any atom is -0.497 e. The fourth-order valence-corrected chi connectivity index (χ4v) is 3.03. The number of nitrogens with one attached hydrogen (secondary N) is 1. The van der Waals surface area contributed by atoms with E-state index in [1.54, 1.807) is 7.11 Å². The zero-order valence-corrected chi connectivity index (χ0v) is 14.7. The molecule has 20 heavy (non-hydrogen) atoms. The monoisotopic (exact) mass is 397 g/mol. The van der Waals surface area contributed by atoms with Crippen LogP contribution in [0.25, 0.3) is 0 Å². The largest absolute Gasteiger partial charge is 0.497 e. The number of hydrogen-bond donors (Lipinski definition) is 1. The van der Waals surface area contributed by atoms with Crippen molar-refractivity contribution in [2.45, 2.75) is 19.5 Å². The molecule has 4 heteroatoms. The number of hydrogen-bond acceptors (Lipinski definition) is 2. The molecule has 106 valence electrons. The van der Waals surface area contributed by atoms with Gasteiger partial charge in [-0.15, -0.1) is 0 Å². The lowest BCUT2D eigenvalue weighted by atomic mass is 10.1. The van der Waals surface area contributed by atoms with Gasteiger partial charge in [-0.25, -0.2) is 0 Å². The minimum absolute atomic E-state index is 0.267. The van der Waals surface area contributed by atoms with Crippen LogP contribution in [0.4, 0.5) is 0 Å². The van der Waals surface area contributed by atoms with Gasteiger partial charge < -0.3 is 10.1 Å². The molecule has 0 aliphatic carbocycles. The normalized spacial score (nSPS) is 12.2. The van der Waals surface area contributed by atoms with Crippen LogP contribution >= 0.6 is 31.9 Å². The maximum absolute atomic E-state index is 5.26. The van der Waals surface area contributed by atoms with Crippen LogP contribution in [0.3, 0.4) is 0 Å². The standard InChI is InChI=1S/C16H17Br2NO/c1-11(14-5-3-4-6-16(14)18)19-10-12-9-13(20-2)7-8-15(12)17/h3-9,11,19H,10H2,1-2H3/t11-/m1/s1. The molecule has 0 saturated heterocycles. The third-order valence-electron chi connectivity index (χ3n) is 3.22. The van der Waals surface area contributed by atoms with Gasteiger partial charge in [0, 0.05) is 21.5 Å². The average Bonchev–Trinajstić information content (AvgIpc) is 2.46. The van der Waals surface area contributed by atoms with Gasteiger partial charge in [0.15, 0.2) is 0 Å². The summed E-state index contributed by atoms with van der Waals surface area (Å²) in [5.74, 6) is 0.874. The summed E-state index contributed by atoms with van der Waals surface area (Å²) in [6.45, 7) is 2.94. The first-order valence-corrected chi connectivity index (χ1v) is 8.00. The van der Waals surface area contributed by atoms with Crippen molar-refractivity contribution >= 4 is 31.9 Å². The van der Waals surface area contributed by atoms with Crippen molar-refractivity contribution in [1.82, 2.24) is 5.32 Å². The third-order valence-corrected chi connectivity index (χ3v) is 4.72.